The van der Waals surface area contributed by atoms with Crippen LogP contribution in [-0.4, -0.2) is 30.9 Å². The van der Waals surface area contributed by atoms with Crippen LogP contribution in [0.5, 0.6) is 0 Å². The first-order valence-corrected chi connectivity index (χ1v) is 7.68. The van der Waals surface area contributed by atoms with E-state index in [1.807, 2.05) is 30.3 Å². The second kappa shape index (κ2) is 6.10. The number of pyridine rings is 1. The minimum Gasteiger partial charge on any atom is -0.396 e. The molecule has 102 valence electrons. The van der Waals surface area contributed by atoms with Gasteiger partial charge < -0.3 is 5.11 Å². The molecular formula is C13H16N2O3S. The minimum absolute atomic E-state index is 0.0678. The molecule has 0 radical (unpaired) electrons. The summed E-state index contributed by atoms with van der Waals surface area (Å²) in [5.74, 6) is -0.0678. The van der Waals surface area contributed by atoms with E-state index in [1.165, 1.54) is 0 Å². The lowest BCUT2D eigenvalue weighted by atomic mass is 10.1. The Morgan fingerprint density at radius 2 is 2.00 bits per heavy atom. The predicted molar refractivity (Wildman–Crippen MR) is 74.1 cm³/mol. The van der Waals surface area contributed by atoms with Crippen LogP contribution in [0.4, 0.5) is 0 Å². The van der Waals surface area contributed by atoms with Crippen LogP contribution in [0.1, 0.15) is 12.0 Å². The van der Waals surface area contributed by atoms with E-state index in [9.17, 15) is 8.42 Å². The summed E-state index contributed by atoms with van der Waals surface area (Å²) in [5.41, 5.74) is 1.64. The number of aliphatic hydroxyl groups excluding tert-OH is 1. The van der Waals surface area contributed by atoms with Gasteiger partial charge in [-0.15, -0.1) is 0 Å². The Morgan fingerprint density at radius 1 is 1.21 bits per heavy atom. The average Bonchev–Trinajstić information content (AvgIpc) is 2.43. The number of hydrogen-bond acceptors (Lipinski definition) is 4. The summed E-state index contributed by atoms with van der Waals surface area (Å²) in [5, 5.41) is 9.64. The number of aromatic nitrogens is 1. The Bertz CT molecular complexity index is 650. The van der Waals surface area contributed by atoms with Gasteiger partial charge in [-0.25, -0.2) is 13.1 Å². The Kier molecular flexibility index (Phi) is 4.47. The highest BCUT2D eigenvalue weighted by Crippen LogP contribution is 2.15. The molecule has 0 atom stereocenters. The molecule has 1 aromatic heterocycles. The number of benzene rings is 1. The number of hydrogen-bond donors (Lipinski definition) is 2. The van der Waals surface area contributed by atoms with Gasteiger partial charge in [0.15, 0.2) is 0 Å². The molecule has 0 unspecified atom stereocenters. The number of sulfonamides is 1. The Balaban J connectivity index is 2.14. The quantitative estimate of drug-likeness (QED) is 0.828. The van der Waals surface area contributed by atoms with Gasteiger partial charge in [-0.05, 0) is 18.1 Å². The zero-order valence-corrected chi connectivity index (χ0v) is 11.2. The number of fused-ring (bicyclic) bond motifs is 1. The summed E-state index contributed by atoms with van der Waals surface area (Å²) >= 11 is 0. The van der Waals surface area contributed by atoms with E-state index < -0.39 is 10.0 Å². The molecule has 0 bridgehead atoms. The maximum absolute atomic E-state index is 11.7. The Morgan fingerprint density at radius 3 is 2.79 bits per heavy atom. The van der Waals surface area contributed by atoms with Crippen molar-refractivity contribution in [3.05, 3.63) is 42.1 Å². The third-order valence-electron chi connectivity index (χ3n) is 2.77. The minimum atomic E-state index is -3.35. The Hall–Kier alpha value is -1.50. The largest absolute Gasteiger partial charge is 0.396 e. The first kappa shape index (κ1) is 13.9. The van der Waals surface area contributed by atoms with Crippen molar-refractivity contribution in [2.24, 2.45) is 0 Å². The fourth-order valence-corrected chi connectivity index (χ4v) is 2.85. The lowest BCUT2D eigenvalue weighted by Crippen LogP contribution is -2.26. The van der Waals surface area contributed by atoms with E-state index in [1.54, 1.807) is 6.20 Å². The van der Waals surface area contributed by atoms with Crippen LogP contribution >= 0.6 is 0 Å². The van der Waals surface area contributed by atoms with Gasteiger partial charge in [-0.3, -0.25) is 4.98 Å². The number of rotatable bonds is 6. The van der Waals surface area contributed by atoms with Crippen LogP contribution in [0.2, 0.25) is 0 Å². The van der Waals surface area contributed by atoms with Gasteiger partial charge in [0, 0.05) is 24.7 Å². The van der Waals surface area contributed by atoms with Crippen molar-refractivity contribution in [3.8, 4) is 0 Å². The molecule has 0 saturated heterocycles. The van der Waals surface area contributed by atoms with E-state index in [0.29, 0.717) is 0 Å². The average molecular weight is 280 g/mol. The molecule has 2 N–H and O–H groups in total. The molecule has 1 heterocycles. The number of para-hydroxylation sites is 1. The lowest BCUT2D eigenvalue weighted by Gasteiger charge is -2.08. The van der Waals surface area contributed by atoms with Crippen molar-refractivity contribution >= 4 is 20.9 Å². The third-order valence-corrected chi connectivity index (χ3v) is 4.18. The van der Waals surface area contributed by atoms with Gasteiger partial charge in [0.25, 0.3) is 0 Å². The molecule has 0 aliphatic rings. The first-order chi connectivity index (χ1) is 9.12. The first-order valence-electron chi connectivity index (χ1n) is 6.03. The van der Waals surface area contributed by atoms with Crippen LogP contribution in [0.15, 0.2) is 36.5 Å². The summed E-state index contributed by atoms with van der Waals surface area (Å²) in [4.78, 5) is 4.27. The standard InChI is InChI=1S/C13H16N2O3S/c16-8-3-9-19(17,18)15-10-12-5-1-4-11-6-2-7-14-13(11)12/h1-2,4-7,15-16H,3,8-10H2. The van der Waals surface area contributed by atoms with Crippen LogP contribution in [0.25, 0.3) is 10.9 Å². The van der Waals surface area contributed by atoms with Crippen LogP contribution in [0.3, 0.4) is 0 Å². The van der Waals surface area contributed by atoms with Gasteiger partial charge in [-0.1, -0.05) is 24.3 Å². The summed E-state index contributed by atoms with van der Waals surface area (Å²) in [6.45, 7) is 0.0822. The highest BCUT2D eigenvalue weighted by Gasteiger charge is 2.10. The zero-order valence-electron chi connectivity index (χ0n) is 10.4. The van der Waals surface area contributed by atoms with Gasteiger partial charge in [-0.2, -0.15) is 0 Å². The van der Waals surface area contributed by atoms with Crippen molar-refractivity contribution in [3.63, 3.8) is 0 Å². The fourth-order valence-electron chi connectivity index (χ4n) is 1.82. The Labute approximate surface area is 112 Å². The van der Waals surface area contributed by atoms with Crippen LogP contribution < -0.4 is 4.72 Å². The second-order valence-corrected chi connectivity index (χ2v) is 6.14. The predicted octanol–water partition coefficient (Wildman–Crippen LogP) is 1.04. The molecule has 0 saturated carbocycles. The molecule has 0 spiro atoms. The van der Waals surface area contributed by atoms with Gasteiger partial charge >= 0.3 is 0 Å². The van der Waals surface area contributed by atoms with Crippen molar-refractivity contribution in [1.29, 1.82) is 0 Å². The number of nitrogens with zero attached hydrogens (tertiary/aromatic N) is 1. The maximum atomic E-state index is 11.7. The van der Waals surface area contributed by atoms with E-state index in [4.69, 9.17) is 5.11 Å². The number of aliphatic hydroxyl groups is 1. The van der Waals surface area contributed by atoms with Crippen molar-refractivity contribution in [2.75, 3.05) is 12.4 Å². The highest BCUT2D eigenvalue weighted by molar-refractivity contribution is 7.89. The molecule has 2 rings (SSSR count). The summed E-state index contributed by atoms with van der Waals surface area (Å²) in [7, 11) is -3.35. The van der Waals surface area contributed by atoms with Gasteiger partial charge in [0.05, 0.1) is 11.3 Å². The monoisotopic (exact) mass is 280 g/mol. The molecular weight excluding hydrogens is 264 g/mol. The summed E-state index contributed by atoms with van der Waals surface area (Å²) in [6, 6.07) is 9.45. The van der Waals surface area contributed by atoms with Crippen molar-refractivity contribution < 1.29 is 13.5 Å². The fraction of sp³-hybridized carbons (Fsp3) is 0.308. The van der Waals surface area contributed by atoms with E-state index >= 15 is 0 Å². The smallest absolute Gasteiger partial charge is 0.211 e. The molecule has 0 aliphatic heterocycles. The van der Waals surface area contributed by atoms with Crippen LogP contribution in [0, 0.1) is 0 Å². The summed E-state index contributed by atoms with van der Waals surface area (Å²) in [6.07, 6.45) is 1.93. The van der Waals surface area contributed by atoms with Gasteiger partial charge in [0.1, 0.15) is 0 Å². The second-order valence-electron chi connectivity index (χ2n) is 4.21. The van der Waals surface area contributed by atoms with E-state index in [2.05, 4.69) is 9.71 Å². The number of nitrogens with one attached hydrogen (secondary N) is 1. The van der Waals surface area contributed by atoms with E-state index in [0.717, 1.165) is 16.5 Å². The molecule has 0 fully saturated rings. The third kappa shape index (κ3) is 3.73. The summed E-state index contributed by atoms with van der Waals surface area (Å²) < 4.78 is 25.8. The zero-order chi connectivity index (χ0) is 13.7. The molecule has 0 aliphatic carbocycles. The van der Waals surface area contributed by atoms with E-state index in [-0.39, 0.29) is 25.3 Å². The molecule has 19 heavy (non-hydrogen) atoms. The lowest BCUT2D eigenvalue weighted by molar-refractivity contribution is 0.295. The molecule has 0 amide bonds. The molecule has 1 aromatic carbocycles. The topological polar surface area (TPSA) is 79.3 Å². The normalized spacial score (nSPS) is 11.8. The highest BCUT2D eigenvalue weighted by atomic mass is 32.2. The molecule has 6 heteroatoms. The van der Waals surface area contributed by atoms with Crippen LogP contribution in [-0.2, 0) is 16.6 Å². The molecule has 5 nitrogen and oxygen atoms in total. The molecule has 2 aromatic rings. The van der Waals surface area contributed by atoms with Crippen molar-refractivity contribution in [2.45, 2.75) is 13.0 Å². The van der Waals surface area contributed by atoms with Gasteiger partial charge in [0.2, 0.25) is 10.0 Å². The van der Waals surface area contributed by atoms with Crippen molar-refractivity contribution in [1.82, 2.24) is 9.71 Å². The maximum Gasteiger partial charge on any atom is 0.211 e. The SMILES string of the molecule is O=S(=O)(CCCO)NCc1cccc2cccnc12.